The van der Waals surface area contributed by atoms with Gasteiger partial charge in [0.15, 0.2) is 5.96 Å². The average Bonchev–Trinajstić information content (AvgIpc) is 2.72. The van der Waals surface area contributed by atoms with Gasteiger partial charge >= 0.3 is 0 Å². The number of para-hydroxylation sites is 1. The largest absolute Gasteiger partial charge is 0.356 e. The van der Waals surface area contributed by atoms with Gasteiger partial charge in [-0.25, -0.2) is 0 Å². The van der Waals surface area contributed by atoms with Gasteiger partial charge in [-0.05, 0) is 42.2 Å². The van der Waals surface area contributed by atoms with E-state index in [-0.39, 0.29) is 23.7 Å². The summed E-state index contributed by atoms with van der Waals surface area (Å²) in [6, 6.07) is 15.8. The molecule has 4 N–H and O–H groups in total. The minimum absolute atomic E-state index is 0.0363. The lowest BCUT2D eigenvalue weighted by Gasteiger charge is -2.26. The summed E-state index contributed by atoms with van der Waals surface area (Å²) in [5, 5.41) is 12.6. The van der Waals surface area contributed by atoms with Crippen molar-refractivity contribution in [3.05, 3.63) is 59.7 Å². The van der Waals surface area contributed by atoms with Gasteiger partial charge in [-0.15, -0.1) is 0 Å². The average molecular weight is 420 g/mol. The molecule has 1 heterocycles. The van der Waals surface area contributed by atoms with Crippen molar-refractivity contribution in [3.8, 4) is 0 Å². The van der Waals surface area contributed by atoms with Gasteiger partial charge < -0.3 is 21.3 Å². The standard InChI is InChI=1S/C24H29N5O2/c1-25-24(27-15-18-13-22(30)29-21-11-3-2-10-20(18)21)26-14-16-6-4-9-19(12-16)28-23(31)17-7-5-8-17/h2-4,6,9-12,17-18H,5,7-8,13-15H2,1H3,(H,28,31)(H,29,30)(H2,25,26,27). The molecule has 2 aromatic rings. The second kappa shape index (κ2) is 9.64. The van der Waals surface area contributed by atoms with Crippen LogP contribution in [0, 0.1) is 5.92 Å². The first kappa shape index (κ1) is 20.9. The Morgan fingerprint density at radius 1 is 1.13 bits per heavy atom. The highest BCUT2D eigenvalue weighted by atomic mass is 16.2. The molecular formula is C24H29N5O2. The Morgan fingerprint density at radius 2 is 1.97 bits per heavy atom. The molecule has 1 aliphatic heterocycles. The van der Waals surface area contributed by atoms with E-state index in [0.29, 0.717) is 25.5 Å². The highest BCUT2D eigenvalue weighted by molar-refractivity contribution is 5.95. The van der Waals surface area contributed by atoms with Gasteiger partial charge in [0.25, 0.3) is 0 Å². The molecule has 162 valence electrons. The van der Waals surface area contributed by atoms with Crippen LogP contribution in [-0.4, -0.2) is 31.4 Å². The SMILES string of the molecule is CN=C(NCc1cccc(NC(=O)C2CCC2)c1)NCC1CC(=O)Nc2ccccc21. The van der Waals surface area contributed by atoms with E-state index in [9.17, 15) is 9.59 Å². The van der Waals surface area contributed by atoms with Crippen molar-refractivity contribution in [1.29, 1.82) is 0 Å². The molecule has 4 rings (SSSR count). The van der Waals surface area contributed by atoms with Crippen LogP contribution in [-0.2, 0) is 16.1 Å². The molecule has 1 fully saturated rings. The molecule has 7 heteroatoms. The molecule has 2 aliphatic rings. The van der Waals surface area contributed by atoms with Gasteiger partial charge in [0, 0.05) is 49.8 Å². The van der Waals surface area contributed by atoms with Crippen molar-refractivity contribution in [2.75, 3.05) is 24.2 Å². The third-order valence-corrected chi connectivity index (χ3v) is 5.98. The first-order valence-electron chi connectivity index (χ1n) is 10.9. The summed E-state index contributed by atoms with van der Waals surface area (Å²) in [6.45, 7) is 1.19. The number of aliphatic imine (C=N–C) groups is 1. The Kier molecular flexibility index (Phi) is 6.50. The predicted molar refractivity (Wildman–Crippen MR) is 123 cm³/mol. The highest BCUT2D eigenvalue weighted by Crippen LogP contribution is 2.31. The van der Waals surface area contributed by atoms with Gasteiger partial charge in [0.1, 0.15) is 0 Å². The number of hydrogen-bond donors (Lipinski definition) is 4. The molecule has 2 amide bonds. The molecule has 1 saturated carbocycles. The van der Waals surface area contributed by atoms with Gasteiger partial charge in [0.05, 0.1) is 0 Å². The smallest absolute Gasteiger partial charge is 0.227 e. The van der Waals surface area contributed by atoms with E-state index in [1.807, 2.05) is 42.5 Å². The minimum atomic E-state index is 0.0363. The number of nitrogens with one attached hydrogen (secondary N) is 4. The van der Waals surface area contributed by atoms with E-state index in [2.05, 4.69) is 32.3 Å². The molecule has 2 aromatic carbocycles. The van der Waals surface area contributed by atoms with Gasteiger partial charge in [-0.3, -0.25) is 14.6 Å². The van der Waals surface area contributed by atoms with Crippen molar-refractivity contribution in [3.63, 3.8) is 0 Å². The van der Waals surface area contributed by atoms with Crippen molar-refractivity contribution < 1.29 is 9.59 Å². The monoisotopic (exact) mass is 419 g/mol. The molecule has 0 bridgehead atoms. The van der Waals surface area contributed by atoms with Crippen LogP contribution in [0.1, 0.15) is 42.7 Å². The second-order valence-corrected chi connectivity index (χ2v) is 8.16. The zero-order valence-corrected chi connectivity index (χ0v) is 17.8. The maximum atomic E-state index is 12.2. The van der Waals surface area contributed by atoms with Crippen LogP contribution in [0.3, 0.4) is 0 Å². The Morgan fingerprint density at radius 3 is 2.74 bits per heavy atom. The molecule has 0 saturated heterocycles. The zero-order valence-electron chi connectivity index (χ0n) is 17.8. The van der Waals surface area contributed by atoms with Crippen LogP contribution in [0.15, 0.2) is 53.5 Å². The summed E-state index contributed by atoms with van der Waals surface area (Å²) < 4.78 is 0. The number of carbonyl (C=O) groups excluding carboxylic acids is 2. The van der Waals surface area contributed by atoms with E-state index < -0.39 is 0 Å². The molecule has 1 atom stereocenters. The molecule has 7 nitrogen and oxygen atoms in total. The number of benzene rings is 2. The number of guanidine groups is 1. The van der Waals surface area contributed by atoms with Crippen LogP contribution >= 0.6 is 0 Å². The lowest BCUT2D eigenvalue weighted by atomic mass is 9.85. The normalized spacial score (nSPS) is 18.4. The number of rotatable bonds is 6. The summed E-state index contributed by atoms with van der Waals surface area (Å²) in [5.74, 6) is 1.08. The molecular weight excluding hydrogens is 390 g/mol. The van der Waals surface area contributed by atoms with Gasteiger partial charge in [-0.1, -0.05) is 36.8 Å². The highest BCUT2D eigenvalue weighted by Gasteiger charge is 2.26. The third kappa shape index (κ3) is 5.23. The summed E-state index contributed by atoms with van der Waals surface area (Å²) >= 11 is 0. The van der Waals surface area contributed by atoms with E-state index in [0.717, 1.165) is 41.8 Å². The van der Waals surface area contributed by atoms with E-state index in [1.54, 1.807) is 7.05 Å². The van der Waals surface area contributed by atoms with Crippen molar-refractivity contribution in [2.45, 2.75) is 38.1 Å². The number of amides is 2. The summed E-state index contributed by atoms with van der Waals surface area (Å²) in [7, 11) is 1.73. The first-order chi connectivity index (χ1) is 15.1. The second-order valence-electron chi connectivity index (χ2n) is 8.16. The van der Waals surface area contributed by atoms with Crippen molar-refractivity contribution in [1.82, 2.24) is 10.6 Å². The molecule has 1 aliphatic carbocycles. The predicted octanol–water partition coefficient (Wildman–Crippen LogP) is 3.22. The summed E-state index contributed by atoms with van der Waals surface area (Å²) in [5.41, 5.74) is 3.90. The zero-order chi connectivity index (χ0) is 21.6. The number of hydrogen-bond acceptors (Lipinski definition) is 3. The van der Waals surface area contributed by atoms with Crippen molar-refractivity contribution in [2.24, 2.45) is 10.9 Å². The topological polar surface area (TPSA) is 94.6 Å². The first-order valence-corrected chi connectivity index (χ1v) is 10.9. The number of anilines is 2. The van der Waals surface area contributed by atoms with Crippen LogP contribution in [0.4, 0.5) is 11.4 Å². The molecule has 1 unspecified atom stereocenters. The van der Waals surface area contributed by atoms with Gasteiger partial charge in [-0.2, -0.15) is 0 Å². The van der Waals surface area contributed by atoms with E-state index >= 15 is 0 Å². The maximum absolute atomic E-state index is 12.2. The fourth-order valence-electron chi connectivity index (χ4n) is 3.98. The summed E-state index contributed by atoms with van der Waals surface area (Å²) in [6.07, 6.45) is 3.57. The lowest BCUT2D eigenvalue weighted by molar-refractivity contribution is -0.122. The minimum Gasteiger partial charge on any atom is -0.356 e. The Balaban J connectivity index is 1.31. The maximum Gasteiger partial charge on any atom is 0.227 e. The molecule has 0 aromatic heterocycles. The molecule has 0 spiro atoms. The Bertz CT molecular complexity index is 983. The number of nitrogens with zero attached hydrogens (tertiary/aromatic N) is 1. The fourth-order valence-corrected chi connectivity index (χ4v) is 3.98. The fraction of sp³-hybridized carbons (Fsp3) is 0.375. The third-order valence-electron chi connectivity index (χ3n) is 5.98. The van der Waals surface area contributed by atoms with Crippen molar-refractivity contribution >= 4 is 29.1 Å². The molecule has 0 radical (unpaired) electrons. The number of carbonyl (C=O) groups is 2. The van der Waals surface area contributed by atoms with E-state index in [4.69, 9.17) is 0 Å². The molecule has 31 heavy (non-hydrogen) atoms. The van der Waals surface area contributed by atoms with Crippen LogP contribution in [0.25, 0.3) is 0 Å². The lowest BCUT2D eigenvalue weighted by Crippen LogP contribution is -2.40. The summed E-state index contributed by atoms with van der Waals surface area (Å²) in [4.78, 5) is 28.5. The van der Waals surface area contributed by atoms with E-state index in [1.165, 1.54) is 0 Å². The Labute approximate surface area is 182 Å². The number of fused-ring (bicyclic) bond motifs is 1. The van der Waals surface area contributed by atoms with Gasteiger partial charge in [0.2, 0.25) is 11.8 Å². The van der Waals surface area contributed by atoms with Crippen LogP contribution in [0.2, 0.25) is 0 Å². The quantitative estimate of drug-likeness (QED) is 0.427. The van der Waals surface area contributed by atoms with Crippen LogP contribution < -0.4 is 21.3 Å². The van der Waals surface area contributed by atoms with Crippen LogP contribution in [0.5, 0.6) is 0 Å². The Hall–Kier alpha value is -3.35.